The van der Waals surface area contributed by atoms with E-state index in [9.17, 15) is 29.6 Å². The molecular weight excluding hydrogens is 366 g/mol. The first-order valence-electron chi connectivity index (χ1n) is 7.44. The third kappa shape index (κ3) is 3.79. The van der Waals surface area contributed by atoms with E-state index in [1.54, 1.807) is 0 Å². The molecule has 0 radical (unpaired) electrons. The Morgan fingerprint density at radius 3 is 2.59 bits per heavy atom. The minimum absolute atomic E-state index is 0.0688. The third-order valence-electron chi connectivity index (χ3n) is 3.74. The van der Waals surface area contributed by atoms with Crippen LogP contribution in [0.25, 0.3) is 0 Å². The molecule has 4 N–H and O–H groups in total. The number of aromatic hydroxyl groups is 1. The van der Waals surface area contributed by atoms with Crippen molar-refractivity contribution in [3.8, 4) is 5.75 Å². The van der Waals surface area contributed by atoms with E-state index in [0.29, 0.717) is 0 Å². The molecule has 1 amide bonds. The Morgan fingerprint density at radius 2 is 2.07 bits per heavy atom. The minimum atomic E-state index is -1.62. The first-order valence-corrected chi connectivity index (χ1v) is 7.44. The number of amides is 1. The largest absolute Gasteiger partial charge is 0.501 e. The number of benzene rings is 1. The molecule has 144 valence electrons. The van der Waals surface area contributed by atoms with Crippen LogP contribution < -0.4 is 5.32 Å². The quantitative estimate of drug-likeness (QED) is 0.211. The molecule has 0 unspecified atom stereocenters. The Bertz CT molecular complexity index is 827. The van der Waals surface area contributed by atoms with Crippen molar-refractivity contribution in [3.05, 3.63) is 39.1 Å². The van der Waals surface area contributed by atoms with Crippen LogP contribution in [0.15, 0.2) is 23.4 Å². The lowest BCUT2D eigenvalue weighted by Crippen LogP contribution is -2.31. The predicted octanol–water partition coefficient (Wildman–Crippen LogP) is -0.328. The smallest absolute Gasteiger partial charge is 0.339 e. The Kier molecular flexibility index (Phi) is 5.60. The zero-order valence-electron chi connectivity index (χ0n) is 14.0. The molecule has 1 aromatic rings. The molecule has 12 heteroatoms. The van der Waals surface area contributed by atoms with E-state index in [4.69, 9.17) is 10.2 Å². The lowest BCUT2D eigenvalue weighted by atomic mass is 10.1. The van der Waals surface area contributed by atoms with Crippen molar-refractivity contribution in [1.82, 2.24) is 4.90 Å². The molecule has 1 heterocycles. The number of phenols is 1. The molecule has 12 nitrogen and oxygen atoms in total. The van der Waals surface area contributed by atoms with Crippen molar-refractivity contribution >= 4 is 29.2 Å². The number of nitro groups is 1. The summed E-state index contributed by atoms with van der Waals surface area (Å²) < 4.78 is 4.60. The van der Waals surface area contributed by atoms with Crippen molar-refractivity contribution in [2.75, 3.05) is 32.1 Å². The summed E-state index contributed by atoms with van der Waals surface area (Å²) in [5, 5.41) is 41.4. The number of carboxylic acids is 1. The molecule has 1 aliphatic heterocycles. The summed E-state index contributed by atoms with van der Waals surface area (Å²) >= 11 is 0. The molecule has 0 saturated heterocycles. The number of anilines is 1. The van der Waals surface area contributed by atoms with Gasteiger partial charge in [-0.2, -0.15) is 0 Å². The van der Waals surface area contributed by atoms with Crippen LogP contribution in [0.4, 0.5) is 11.4 Å². The number of hydrogen-bond acceptors (Lipinski definition) is 9. The van der Waals surface area contributed by atoms with Crippen LogP contribution in [0.1, 0.15) is 10.4 Å². The monoisotopic (exact) mass is 381 g/mol. The number of nitrogens with zero attached hydrogens (tertiary/aromatic N) is 2. The van der Waals surface area contributed by atoms with E-state index in [0.717, 1.165) is 24.1 Å². The Hall–Kier alpha value is -3.67. The molecule has 0 fully saturated rings. The number of nitrogens with one attached hydrogen (secondary N) is 1. The SMILES string of the molecule is COC(=O)C1=C(Nc2cc(C(=O)O)c(O)c([N+](=O)[O-])c2)C(=O)N(CCO)C1. The highest BCUT2D eigenvalue weighted by atomic mass is 16.6. The van der Waals surface area contributed by atoms with Crippen molar-refractivity contribution in [2.24, 2.45) is 0 Å². The molecule has 0 saturated carbocycles. The van der Waals surface area contributed by atoms with Crippen molar-refractivity contribution in [2.45, 2.75) is 0 Å². The minimum Gasteiger partial charge on any atom is -0.501 e. The highest BCUT2D eigenvalue weighted by molar-refractivity contribution is 6.08. The number of methoxy groups -OCH3 is 1. The summed E-state index contributed by atoms with van der Waals surface area (Å²) in [7, 11) is 1.10. The summed E-state index contributed by atoms with van der Waals surface area (Å²) in [6.07, 6.45) is 0. The van der Waals surface area contributed by atoms with E-state index >= 15 is 0 Å². The molecule has 1 aliphatic rings. The summed E-state index contributed by atoms with van der Waals surface area (Å²) in [6, 6.07) is 1.71. The van der Waals surface area contributed by atoms with Crippen LogP contribution in [0.5, 0.6) is 5.75 Å². The second kappa shape index (κ2) is 7.70. The number of aliphatic hydroxyl groups excluding tert-OH is 1. The zero-order valence-corrected chi connectivity index (χ0v) is 14.0. The van der Waals surface area contributed by atoms with Crippen LogP contribution in [0.2, 0.25) is 0 Å². The van der Waals surface area contributed by atoms with Crippen LogP contribution >= 0.6 is 0 Å². The fourth-order valence-corrected chi connectivity index (χ4v) is 2.49. The molecule has 1 aromatic carbocycles. The third-order valence-corrected chi connectivity index (χ3v) is 3.74. The standard InChI is InChI=1S/C15H15N3O9/c1-27-15(24)9-6-17(2-3-19)13(21)11(9)16-7-4-8(14(22)23)12(20)10(5-7)18(25)26/h4-5,16,19-20H,2-3,6H2,1H3,(H,22,23). The molecule has 27 heavy (non-hydrogen) atoms. The van der Waals surface area contributed by atoms with Crippen molar-refractivity contribution in [1.29, 1.82) is 0 Å². The van der Waals surface area contributed by atoms with Gasteiger partial charge in [0.2, 0.25) is 5.75 Å². The number of aromatic carboxylic acids is 1. The number of β-amino-alcohol motifs (C(OH)–C–C–N with tert-alkyl or cyclic N) is 1. The summed E-state index contributed by atoms with van der Waals surface area (Å²) in [5.74, 6) is -4.18. The van der Waals surface area contributed by atoms with Gasteiger partial charge < -0.3 is 30.3 Å². The number of rotatable bonds is 7. The van der Waals surface area contributed by atoms with Gasteiger partial charge in [-0.05, 0) is 6.07 Å². The van der Waals surface area contributed by atoms with Gasteiger partial charge in [-0.3, -0.25) is 14.9 Å². The summed E-state index contributed by atoms with van der Waals surface area (Å²) in [6.45, 7) is -0.595. The van der Waals surface area contributed by atoms with Gasteiger partial charge in [0.05, 0.1) is 30.8 Å². The summed E-state index contributed by atoms with van der Waals surface area (Å²) in [5.41, 5.74) is -2.22. The number of carbonyl (C=O) groups is 3. The second-order valence-corrected chi connectivity index (χ2v) is 5.37. The molecule has 0 spiro atoms. The van der Waals surface area contributed by atoms with Gasteiger partial charge in [0.15, 0.2) is 0 Å². The van der Waals surface area contributed by atoms with Crippen LogP contribution in [0.3, 0.4) is 0 Å². The summed E-state index contributed by atoms with van der Waals surface area (Å²) in [4.78, 5) is 46.7. The van der Waals surface area contributed by atoms with Gasteiger partial charge in [0, 0.05) is 18.3 Å². The lowest BCUT2D eigenvalue weighted by molar-refractivity contribution is -0.385. The number of carboxylic acid groups (broad SMARTS) is 1. The second-order valence-electron chi connectivity index (χ2n) is 5.37. The predicted molar refractivity (Wildman–Crippen MR) is 88.1 cm³/mol. The van der Waals surface area contributed by atoms with Crippen molar-refractivity contribution in [3.63, 3.8) is 0 Å². The van der Waals surface area contributed by atoms with Gasteiger partial charge in [-0.15, -0.1) is 0 Å². The molecule has 0 atom stereocenters. The molecule has 0 bridgehead atoms. The maximum absolute atomic E-state index is 12.4. The topological polar surface area (TPSA) is 180 Å². The lowest BCUT2D eigenvalue weighted by Gasteiger charge is -2.15. The molecule has 2 rings (SSSR count). The molecular formula is C15H15N3O9. The Balaban J connectivity index is 2.52. The highest BCUT2D eigenvalue weighted by Crippen LogP contribution is 2.34. The van der Waals surface area contributed by atoms with E-state index < -0.39 is 39.8 Å². The molecule has 0 aliphatic carbocycles. The van der Waals surface area contributed by atoms with E-state index in [2.05, 4.69) is 10.1 Å². The van der Waals surface area contributed by atoms with Crippen LogP contribution in [0, 0.1) is 10.1 Å². The number of aliphatic hydroxyl groups is 1. The van der Waals surface area contributed by atoms with E-state index in [1.807, 2.05) is 0 Å². The first-order chi connectivity index (χ1) is 12.7. The van der Waals surface area contributed by atoms with Crippen LogP contribution in [-0.2, 0) is 14.3 Å². The first kappa shape index (κ1) is 19.7. The maximum atomic E-state index is 12.4. The number of hydrogen-bond donors (Lipinski definition) is 4. The number of nitro benzene ring substituents is 1. The Morgan fingerprint density at radius 1 is 1.41 bits per heavy atom. The van der Waals surface area contributed by atoms with Gasteiger partial charge >= 0.3 is 17.6 Å². The van der Waals surface area contributed by atoms with Gasteiger partial charge in [0.25, 0.3) is 5.91 Å². The zero-order chi connectivity index (χ0) is 20.3. The highest BCUT2D eigenvalue weighted by Gasteiger charge is 2.35. The van der Waals surface area contributed by atoms with Crippen LogP contribution in [-0.4, -0.2) is 69.8 Å². The van der Waals surface area contributed by atoms with E-state index in [-0.39, 0.29) is 36.7 Å². The van der Waals surface area contributed by atoms with Crippen molar-refractivity contribution < 1.29 is 39.4 Å². The normalized spacial score (nSPS) is 13.7. The van der Waals surface area contributed by atoms with Gasteiger partial charge in [-0.25, -0.2) is 9.59 Å². The fourth-order valence-electron chi connectivity index (χ4n) is 2.49. The average Bonchev–Trinajstić information content (AvgIpc) is 2.91. The van der Waals surface area contributed by atoms with E-state index in [1.165, 1.54) is 0 Å². The van der Waals surface area contributed by atoms with Gasteiger partial charge in [-0.1, -0.05) is 0 Å². The van der Waals surface area contributed by atoms with Gasteiger partial charge in [0.1, 0.15) is 11.3 Å². The molecule has 0 aromatic heterocycles. The average molecular weight is 381 g/mol. The fraction of sp³-hybridized carbons (Fsp3) is 0.267. The maximum Gasteiger partial charge on any atom is 0.339 e. The Labute approximate surface area is 151 Å². The number of carbonyl (C=O) groups excluding carboxylic acids is 2. The number of ether oxygens (including phenoxy) is 1. The number of esters is 1.